The molecule has 1 aromatic heterocycles. The predicted octanol–water partition coefficient (Wildman–Crippen LogP) is 0.670. The fourth-order valence-electron chi connectivity index (χ4n) is 2.49. The van der Waals surface area contributed by atoms with E-state index in [1.165, 1.54) is 30.3 Å². The maximum atomic E-state index is 13.3. The van der Waals surface area contributed by atoms with Crippen molar-refractivity contribution < 1.29 is 23.6 Å². The smallest absolute Gasteiger partial charge is 0.310 e. The number of nitrogens with one attached hydrogen (secondary N) is 2. The van der Waals surface area contributed by atoms with Gasteiger partial charge in [0.05, 0.1) is 22.2 Å². The van der Waals surface area contributed by atoms with Crippen LogP contribution in [0.15, 0.2) is 53.6 Å². The summed E-state index contributed by atoms with van der Waals surface area (Å²) in [6.45, 7) is -1.08. The number of hydrogen-bond donors (Lipinski definition) is 2. The van der Waals surface area contributed by atoms with Crippen molar-refractivity contribution in [1.82, 2.24) is 20.4 Å². The Balaban J connectivity index is 1.55. The van der Waals surface area contributed by atoms with Crippen LogP contribution in [0.25, 0.3) is 10.9 Å². The number of carbonyl (C=O) groups is 2. The van der Waals surface area contributed by atoms with Crippen LogP contribution in [0.3, 0.4) is 0 Å². The summed E-state index contributed by atoms with van der Waals surface area (Å²) in [5, 5.41) is 10.9. The number of aromatic nitrogens is 2. The molecule has 0 fully saturated rings. The van der Waals surface area contributed by atoms with Crippen molar-refractivity contribution in [2.75, 3.05) is 6.61 Å². The van der Waals surface area contributed by atoms with Gasteiger partial charge in [0.15, 0.2) is 12.4 Å². The highest BCUT2D eigenvalue weighted by atomic mass is 19.1. The first-order chi connectivity index (χ1) is 14.3. The van der Waals surface area contributed by atoms with E-state index in [4.69, 9.17) is 4.74 Å². The zero-order valence-corrected chi connectivity index (χ0v) is 15.2. The first-order valence-electron chi connectivity index (χ1n) is 8.44. The van der Waals surface area contributed by atoms with E-state index in [1.807, 2.05) is 0 Å². The molecule has 0 aliphatic heterocycles. The molecule has 3 aromatic rings. The van der Waals surface area contributed by atoms with Gasteiger partial charge in [0.1, 0.15) is 12.4 Å². The number of fused-ring (bicyclic) bond motifs is 1. The third-order valence-electron chi connectivity index (χ3n) is 3.86. The van der Waals surface area contributed by atoms with Crippen molar-refractivity contribution >= 4 is 28.4 Å². The van der Waals surface area contributed by atoms with Gasteiger partial charge < -0.3 is 4.74 Å². The van der Waals surface area contributed by atoms with Gasteiger partial charge in [0.25, 0.3) is 17.4 Å². The summed E-state index contributed by atoms with van der Waals surface area (Å²) < 4.78 is 19.4. The van der Waals surface area contributed by atoms with Gasteiger partial charge in [-0.1, -0.05) is 12.1 Å². The molecular weight excluding hydrogens is 401 g/mol. The highest BCUT2D eigenvalue weighted by Crippen LogP contribution is 2.25. The van der Waals surface area contributed by atoms with Crippen LogP contribution >= 0.6 is 0 Å². The minimum absolute atomic E-state index is 0.00666. The molecule has 0 aliphatic carbocycles. The summed E-state index contributed by atoms with van der Waals surface area (Å²) >= 11 is 0. The van der Waals surface area contributed by atoms with E-state index < -0.39 is 41.3 Å². The summed E-state index contributed by atoms with van der Waals surface area (Å²) in [5.41, 5.74) is 3.48. The zero-order valence-electron chi connectivity index (χ0n) is 15.2. The van der Waals surface area contributed by atoms with Gasteiger partial charge in [-0.25, -0.2) is 9.37 Å². The third kappa shape index (κ3) is 4.73. The Labute approximate surface area is 167 Å². The van der Waals surface area contributed by atoms with E-state index in [0.29, 0.717) is 0 Å². The number of para-hydroxylation sites is 2. The highest BCUT2D eigenvalue weighted by Gasteiger charge is 2.15. The monoisotopic (exact) mass is 415 g/mol. The molecule has 0 aliphatic rings. The molecule has 30 heavy (non-hydrogen) atoms. The Morgan fingerprint density at radius 1 is 1.17 bits per heavy atom. The first-order valence-corrected chi connectivity index (χ1v) is 8.44. The molecule has 0 saturated heterocycles. The number of rotatable bonds is 6. The molecule has 3 rings (SSSR count). The van der Waals surface area contributed by atoms with Gasteiger partial charge in [0, 0.05) is 6.07 Å². The second kappa shape index (κ2) is 8.77. The molecule has 154 valence electrons. The molecular formula is C18H14FN5O6. The summed E-state index contributed by atoms with van der Waals surface area (Å²) in [7, 11) is 0. The van der Waals surface area contributed by atoms with E-state index >= 15 is 0 Å². The van der Waals surface area contributed by atoms with Crippen LogP contribution < -0.4 is 21.1 Å². The van der Waals surface area contributed by atoms with Crippen LogP contribution in [-0.4, -0.2) is 32.9 Å². The van der Waals surface area contributed by atoms with Crippen LogP contribution in [-0.2, 0) is 16.1 Å². The summed E-state index contributed by atoms with van der Waals surface area (Å²) in [6, 6.07) is 9.01. The summed E-state index contributed by atoms with van der Waals surface area (Å²) in [4.78, 5) is 50.3. The largest absolute Gasteiger partial charge is 0.477 e. The minimum Gasteiger partial charge on any atom is -0.477 e. The van der Waals surface area contributed by atoms with Crippen molar-refractivity contribution in [3.05, 3.63) is 75.1 Å². The lowest BCUT2D eigenvalue weighted by molar-refractivity contribution is -0.385. The number of nitro benzene ring substituents is 1. The zero-order chi connectivity index (χ0) is 21.7. The Morgan fingerprint density at radius 3 is 2.67 bits per heavy atom. The number of carbonyl (C=O) groups excluding carboxylic acids is 2. The Kier molecular flexibility index (Phi) is 5.96. The average molecular weight is 415 g/mol. The van der Waals surface area contributed by atoms with Crippen LogP contribution in [0.5, 0.6) is 5.75 Å². The fraction of sp³-hybridized carbons (Fsp3) is 0.111. The normalized spacial score (nSPS) is 10.4. The number of hydrazine groups is 1. The molecule has 1 heterocycles. The number of benzene rings is 2. The molecule has 0 unspecified atom stereocenters. The second-order valence-electron chi connectivity index (χ2n) is 5.95. The van der Waals surface area contributed by atoms with Gasteiger partial charge in [-0.15, -0.1) is 0 Å². The van der Waals surface area contributed by atoms with Gasteiger partial charge in [-0.3, -0.25) is 39.9 Å². The summed E-state index contributed by atoms with van der Waals surface area (Å²) in [5.74, 6) is -2.26. The molecule has 0 atom stereocenters. The molecule has 2 aromatic carbocycles. The van der Waals surface area contributed by atoms with Crippen LogP contribution in [0.1, 0.15) is 0 Å². The lowest BCUT2D eigenvalue weighted by Crippen LogP contribution is -2.46. The van der Waals surface area contributed by atoms with Crippen molar-refractivity contribution in [3.8, 4) is 5.75 Å². The molecule has 0 bridgehead atoms. The maximum absolute atomic E-state index is 13.3. The van der Waals surface area contributed by atoms with Gasteiger partial charge >= 0.3 is 5.69 Å². The standard InChI is InChI=1S/C18H14FN5O6/c19-11-5-6-13-12(7-11)18(27)23(10-20-13)8-16(25)21-22-17(26)9-30-15-4-2-1-3-14(15)24(28)29/h1-7,10H,8-9H2,(H,21,25)(H,22,26). The van der Waals surface area contributed by atoms with E-state index in [9.17, 15) is 28.9 Å². The molecule has 11 nitrogen and oxygen atoms in total. The molecule has 0 saturated carbocycles. The molecule has 2 amide bonds. The van der Waals surface area contributed by atoms with E-state index in [-0.39, 0.29) is 22.3 Å². The van der Waals surface area contributed by atoms with Gasteiger partial charge in [-0.2, -0.15) is 0 Å². The van der Waals surface area contributed by atoms with Crippen molar-refractivity contribution in [3.63, 3.8) is 0 Å². The Hall–Kier alpha value is -4.35. The SMILES string of the molecule is O=C(COc1ccccc1[N+](=O)[O-])NNC(=O)Cn1cnc2ccc(F)cc2c1=O. The van der Waals surface area contributed by atoms with Crippen molar-refractivity contribution in [2.45, 2.75) is 6.54 Å². The number of amides is 2. The van der Waals surface area contributed by atoms with E-state index in [1.54, 1.807) is 0 Å². The van der Waals surface area contributed by atoms with Crippen LogP contribution in [0.4, 0.5) is 10.1 Å². The Morgan fingerprint density at radius 2 is 1.90 bits per heavy atom. The lowest BCUT2D eigenvalue weighted by atomic mass is 10.2. The molecule has 2 N–H and O–H groups in total. The average Bonchev–Trinajstić information content (AvgIpc) is 2.73. The van der Waals surface area contributed by atoms with Gasteiger partial charge in [-0.05, 0) is 24.3 Å². The highest BCUT2D eigenvalue weighted by molar-refractivity contribution is 5.83. The topological polar surface area (TPSA) is 145 Å². The minimum atomic E-state index is -0.785. The maximum Gasteiger partial charge on any atom is 0.310 e. The number of ether oxygens (including phenoxy) is 1. The van der Waals surface area contributed by atoms with Crippen molar-refractivity contribution in [1.29, 1.82) is 0 Å². The van der Waals surface area contributed by atoms with Crippen LogP contribution in [0.2, 0.25) is 0 Å². The Bertz CT molecular complexity index is 1200. The quantitative estimate of drug-likeness (QED) is 0.444. The van der Waals surface area contributed by atoms with E-state index in [0.717, 1.165) is 23.0 Å². The first kappa shape index (κ1) is 20.4. The second-order valence-corrected chi connectivity index (χ2v) is 5.95. The molecule has 12 heteroatoms. The number of hydrogen-bond acceptors (Lipinski definition) is 7. The predicted molar refractivity (Wildman–Crippen MR) is 101 cm³/mol. The number of halogens is 1. The lowest BCUT2D eigenvalue weighted by Gasteiger charge is -2.10. The number of nitro groups is 1. The van der Waals surface area contributed by atoms with Gasteiger partial charge in [0.2, 0.25) is 0 Å². The van der Waals surface area contributed by atoms with Crippen molar-refractivity contribution in [2.24, 2.45) is 0 Å². The van der Waals surface area contributed by atoms with E-state index in [2.05, 4.69) is 15.8 Å². The number of nitrogens with zero attached hydrogens (tertiary/aromatic N) is 3. The fourth-order valence-corrected chi connectivity index (χ4v) is 2.49. The summed E-state index contributed by atoms with van der Waals surface area (Å²) in [6.07, 6.45) is 1.13. The molecule has 0 radical (unpaired) electrons. The third-order valence-corrected chi connectivity index (χ3v) is 3.86. The molecule has 0 spiro atoms. The van der Waals surface area contributed by atoms with Crippen LogP contribution in [0, 0.1) is 15.9 Å².